The van der Waals surface area contributed by atoms with E-state index in [4.69, 9.17) is 5.73 Å². The molecule has 0 aromatic carbocycles. The molecule has 0 aliphatic heterocycles. The van der Waals surface area contributed by atoms with Gasteiger partial charge in [0.15, 0.2) is 0 Å². The lowest BCUT2D eigenvalue weighted by atomic mass is 10.1. The van der Waals surface area contributed by atoms with Gasteiger partial charge in [-0.05, 0) is 13.0 Å². The smallest absolute Gasteiger partial charge is 0.0936 e. The van der Waals surface area contributed by atoms with E-state index in [2.05, 4.69) is 15.0 Å². The molecule has 4 heteroatoms. The second-order valence-electron chi connectivity index (χ2n) is 2.95. The lowest BCUT2D eigenvalue weighted by Crippen LogP contribution is -1.96. The van der Waals surface area contributed by atoms with Crippen LogP contribution >= 0.6 is 0 Å². The number of anilines is 1. The number of nitrogens with two attached hydrogens (primary N) is 1. The highest BCUT2D eigenvalue weighted by Crippen LogP contribution is 2.23. The van der Waals surface area contributed by atoms with E-state index in [1.807, 2.05) is 13.0 Å². The Morgan fingerprint density at radius 2 is 1.93 bits per heavy atom. The fourth-order valence-corrected chi connectivity index (χ4v) is 1.29. The first-order valence-electron chi connectivity index (χ1n) is 4.26. The first-order valence-corrected chi connectivity index (χ1v) is 4.26. The lowest BCUT2D eigenvalue weighted by molar-refractivity contribution is 1.12. The van der Waals surface area contributed by atoms with Crippen LogP contribution in [0.5, 0.6) is 0 Å². The van der Waals surface area contributed by atoms with Crippen LogP contribution in [-0.2, 0) is 0 Å². The van der Waals surface area contributed by atoms with E-state index in [1.54, 1.807) is 24.8 Å². The molecule has 4 nitrogen and oxygen atoms in total. The number of hydrogen-bond donors (Lipinski definition) is 1. The fourth-order valence-electron chi connectivity index (χ4n) is 1.29. The molecule has 14 heavy (non-hydrogen) atoms. The van der Waals surface area contributed by atoms with Crippen LogP contribution in [0.15, 0.2) is 30.9 Å². The Balaban J connectivity index is 2.61. The molecule has 0 saturated carbocycles. The predicted octanol–water partition coefficient (Wildman–Crippen LogP) is 1.43. The van der Waals surface area contributed by atoms with Crippen molar-refractivity contribution in [2.24, 2.45) is 0 Å². The maximum absolute atomic E-state index is 5.79. The highest BCUT2D eigenvalue weighted by atomic mass is 14.8. The van der Waals surface area contributed by atoms with Crippen molar-refractivity contribution in [3.05, 3.63) is 36.5 Å². The van der Waals surface area contributed by atoms with Crippen molar-refractivity contribution in [3.8, 4) is 11.3 Å². The van der Waals surface area contributed by atoms with E-state index >= 15 is 0 Å². The van der Waals surface area contributed by atoms with Crippen LogP contribution in [0.25, 0.3) is 11.3 Å². The average Bonchev–Trinajstić information content (AvgIpc) is 2.20. The molecule has 2 rings (SSSR count). The van der Waals surface area contributed by atoms with Gasteiger partial charge >= 0.3 is 0 Å². The van der Waals surface area contributed by atoms with Crippen LogP contribution in [0.1, 0.15) is 5.69 Å². The Labute approximate surface area is 81.9 Å². The maximum Gasteiger partial charge on any atom is 0.0936 e. The van der Waals surface area contributed by atoms with Crippen molar-refractivity contribution >= 4 is 5.69 Å². The molecule has 0 bridgehead atoms. The third kappa shape index (κ3) is 1.42. The number of pyridine rings is 1. The summed E-state index contributed by atoms with van der Waals surface area (Å²) in [7, 11) is 0. The van der Waals surface area contributed by atoms with E-state index < -0.39 is 0 Å². The van der Waals surface area contributed by atoms with Crippen LogP contribution in [0.3, 0.4) is 0 Å². The van der Waals surface area contributed by atoms with E-state index in [0.29, 0.717) is 5.69 Å². The summed E-state index contributed by atoms with van der Waals surface area (Å²) in [6.07, 6.45) is 6.63. The monoisotopic (exact) mass is 186 g/mol. The lowest BCUT2D eigenvalue weighted by Gasteiger charge is -2.05. The van der Waals surface area contributed by atoms with Crippen LogP contribution in [0.2, 0.25) is 0 Å². The van der Waals surface area contributed by atoms with Crippen molar-refractivity contribution in [1.29, 1.82) is 0 Å². The molecular formula is C10H10N4. The molecule has 0 radical (unpaired) electrons. The van der Waals surface area contributed by atoms with Crippen LogP contribution in [0, 0.1) is 6.92 Å². The summed E-state index contributed by atoms with van der Waals surface area (Å²) < 4.78 is 0. The Kier molecular flexibility index (Phi) is 2.10. The molecule has 0 amide bonds. The molecule has 0 atom stereocenters. The number of aromatic nitrogens is 3. The minimum Gasteiger partial charge on any atom is -0.397 e. The third-order valence-corrected chi connectivity index (χ3v) is 1.99. The quantitative estimate of drug-likeness (QED) is 0.731. The number of nitrogen functional groups attached to an aromatic ring is 1. The second kappa shape index (κ2) is 3.41. The minimum absolute atomic E-state index is 0.621. The van der Waals surface area contributed by atoms with Crippen molar-refractivity contribution in [2.75, 3.05) is 5.73 Å². The highest BCUT2D eigenvalue weighted by molar-refractivity contribution is 5.73. The molecule has 0 unspecified atom stereocenters. The Morgan fingerprint density at radius 3 is 2.64 bits per heavy atom. The minimum atomic E-state index is 0.621. The Bertz CT molecular complexity index is 410. The molecule has 0 aliphatic carbocycles. The number of hydrogen-bond acceptors (Lipinski definition) is 4. The van der Waals surface area contributed by atoms with Crippen LogP contribution in [0.4, 0.5) is 5.69 Å². The largest absolute Gasteiger partial charge is 0.397 e. The SMILES string of the molecule is Cc1nccnc1-c1ccncc1N. The summed E-state index contributed by atoms with van der Waals surface area (Å²) in [4.78, 5) is 12.3. The van der Waals surface area contributed by atoms with Gasteiger partial charge in [-0.1, -0.05) is 0 Å². The molecule has 0 saturated heterocycles. The van der Waals surface area contributed by atoms with Crippen LogP contribution < -0.4 is 5.73 Å². The summed E-state index contributed by atoms with van der Waals surface area (Å²) >= 11 is 0. The van der Waals surface area contributed by atoms with E-state index in [9.17, 15) is 0 Å². The maximum atomic E-state index is 5.79. The standard InChI is InChI=1S/C10H10N4/c1-7-10(14-5-4-13-7)8-2-3-12-6-9(8)11/h2-6H,11H2,1H3. The first-order chi connectivity index (χ1) is 6.79. The Morgan fingerprint density at radius 1 is 1.14 bits per heavy atom. The van der Waals surface area contributed by atoms with Crippen molar-refractivity contribution in [1.82, 2.24) is 15.0 Å². The molecule has 2 N–H and O–H groups in total. The molecule has 2 aromatic heterocycles. The van der Waals surface area contributed by atoms with Crippen molar-refractivity contribution in [2.45, 2.75) is 6.92 Å². The topological polar surface area (TPSA) is 64.7 Å². The third-order valence-electron chi connectivity index (χ3n) is 1.99. The molecule has 0 aliphatic rings. The summed E-state index contributed by atoms with van der Waals surface area (Å²) in [6.45, 7) is 1.90. The normalized spacial score (nSPS) is 10.1. The van der Waals surface area contributed by atoms with Gasteiger partial charge in [0.1, 0.15) is 0 Å². The zero-order valence-electron chi connectivity index (χ0n) is 7.81. The zero-order chi connectivity index (χ0) is 9.97. The molecular weight excluding hydrogens is 176 g/mol. The van der Waals surface area contributed by atoms with Gasteiger partial charge in [0.25, 0.3) is 0 Å². The van der Waals surface area contributed by atoms with Gasteiger partial charge in [0, 0.05) is 24.2 Å². The van der Waals surface area contributed by atoms with Gasteiger partial charge in [-0.25, -0.2) is 0 Å². The summed E-state index contributed by atoms with van der Waals surface area (Å²) in [6, 6.07) is 1.84. The van der Waals surface area contributed by atoms with Gasteiger partial charge in [-0.15, -0.1) is 0 Å². The van der Waals surface area contributed by atoms with Crippen molar-refractivity contribution in [3.63, 3.8) is 0 Å². The van der Waals surface area contributed by atoms with Gasteiger partial charge in [-0.3, -0.25) is 15.0 Å². The number of nitrogens with zero attached hydrogens (tertiary/aromatic N) is 3. The first kappa shape index (κ1) is 8.62. The molecule has 2 heterocycles. The Hall–Kier alpha value is -1.97. The zero-order valence-corrected chi connectivity index (χ0v) is 7.81. The average molecular weight is 186 g/mol. The predicted molar refractivity (Wildman–Crippen MR) is 54.4 cm³/mol. The van der Waals surface area contributed by atoms with Crippen LogP contribution in [-0.4, -0.2) is 15.0 Å². The molecule has 0 spiro atoms. The number of rotatable bonds is 1. The second-order valence-corrected chi connectivity index (χ2v) is 2.95. The summed E-state index contributed by atoms with van der Waals surface area (Å²) in [5.41, 5.74) is 8.97. The fraction of sp³-hybridized carbons (Fsp3) is 0.100. The van der Waals surface area contributed by atoms with Gasteiger partial charge in [0.2, 0.25) is 0 Å². The number of aryl methyl sites for hydroxylation is 1. The van der Waals surface area contributed by atoms with E-state index in [-0.39, 0.29) is 0 Å². The van der Waals surface area contributed by atoms with Gasteiger partial charge in [-0.2, -0.15) is 0 Å². The molecule has 2 aromatic rings. The summed E-state index contributed by atoms with van der Waals surface area (Å²) in [5, 5.41) is 0. The summed E-state index contributed by atoms with van der Waals surface area (Å²) in [5.74, 6) is 0. The molecule has 0 fully saturated rings. The van der Waals surface area contributed by atoms with Crippen molar-refractivity contribution < 1.29 is 0 Å². The van der Waals surface area contributed by atoms with Gasteiger partial charge in [0.05, 0.1) is 23.3 Å². The van der Waals surface area contributed by atoms with Gasteiger partial charge < -0.3 is 5.73 Å². The van der Waals surface area contributed by atoms with E-state index in [1.165, 1.54) is 0 Å². The highest BCUT2D eigenvalue weighted by Gasteiger charge is 2.06. The molecule has 70 valence electrons. The van der Waals surface area contributed by atoms with E-state index in [0.717, 1.165) is 17.0 Å².